The molecule has 0 aliphatic heterocycles. The van der Waals surface area contributed by atoms with Crippen molar-refractivity contribution in [3.63, 3.8) is 0 Å². The monoisotopic (exact) mass is 437 g/mol. The topological polar surface area (TPSA) is 114 Å². The second-order valence-corrected chi connectivity index (χ2v) is 9.99. The fourth-order valence-corrected chi connectivity index (χ4v) is 5.22. The normalized spacial score (nSPS) is 11.5. The summed E-state index contributed by atoms with van der Waals surface area (Å²) in [7, 11) is -3.70. The average Bonchev–Trinajstić information content (AvgIpc) is 3.24. The van der Waals surface area contributed by atoms with Crippen LogP contribution in [0.4, 0.5) is 10.3 Å². The zero-order valence-electron chi connectivity index (χ0n) is 15.2. The van der Waals surface area contributed by atoms with Crippen LogP contribution in [0.1, 0.15) is 24.5 Å². The summed E-state index contributed by atoms with van der Waals surface area (Å²) in [5.74, 6) is 0.180. The molecule has 0 aliphatic carbocycles. The third-order valence-corrected chi connectivity index (χ3v) is 6.62. The van der Waals surface area contributed by atoms with Crippen LogP contribution < -0.4 is 10.0 Å². The molecule has 2 N–H and O–H groups in total. The number of benzene rings is 1. The van der Waals surface area contributed by atoms with E-state index in [0.29, 0.717) is 16.7 Å². The first-order chi connectivity index (χ1) is 13.3. The van der Waals surface area contributed by atoms with Gasteiger partial charge in [-0.3, -0.25) is 9.52 Å². The van der Waals surface area contributed by atoms with Crippen LogP contribution in [0.25, 0.3) is 0 Å². The molecule has 0 atom stereocenters. The van der Waals surface area contributed by atoms with E-state index in [4.69, 9.17) is 0 Å². The lowest BCUT2D eigenvalue weighted by atomic mass is 10.1. The number of thiazole rings is 1. The van der Waals surface area contributed by atoms with Crippen molar-refractivity contribution in [3.8, 4) is 0 Å². The fraction of sp³-hybridized carbons (Fsp3) is 0.294. The summed E-state index contributed by atoms with van der Waals surface area (Å²) in [6, 6.07) is 8.03. The number of hydrogen-bond acceptors (Lipinski definition) is 8. The van der Waals surface area contributed by atoms with E-state index in [0.717, 1.165) is 22.8 Å². The molecule has 11 heteroatoms. The molecule has 0 aliphatic rings. The van der Waals surface area contributed by atoms with Crippen LogP contribution in [-0.4, -0.2) is 29.5 Å². The maximum atomic E-state index is 12.3. The van der Waals surface area contributed by atoms with Crippen molar-refractivity contribution in [3.05, 3.63) is 46.4 Å². The lowest BCUT2D eigenvalue weighted by Gasteiger charge is -2.04. The number of carbonyl (C=O) groups excluding carboxylic acids is 1. The SMILES string of the molecule is CC(C)Cc1nnc(NC(=O)Cc2csc(NS(=O)(=O)c3ccccc3)n2)s1. The number of aromatic nitrogens is 3. The summed E-state index contributed by atoms with van der Waals surface area (Å²) in [4.78, 5) is 16.5. The van der Waals surface area contributed by atoms with Gasteiger partial charge in [0, 0.05) is 11.8 Å². The molecular weight excluding hydrogens is 418 g/mol. The second kappa shape index (κ2) is 8.76. The van der Waals surface area contributed by atoms with Crippen molar-refractivity contribution >= 4 is 48.9 Å². The maximum absolute atomic E-state index is 12.3. The smallest absolute Gasteiger partial charge is 0.263 e. The Kier molecular flexibility index (Phi) is 6.37. The molecule has 3 aromatic rings. The van der Waals surface area contributed by atoms with Crippen LogP contribution in [0.5, 0.6) is 0 Å². The number of rotatable bonds is 8. The molecule has 3 rings (SSSR count). The molecule has 1 amide bonds. The van der Waals surface area contributed by atoms with Crippen molar-refractivity contribution < 1.29 is 13.2 Å². The molecule has 0 bridgehead atoms. The number of amides is 1. The number of carbonyl (C=O) groups is 1. The van der Waals surface area contributed by atoms with Crippen LogP contribution in [-0.2, 0) is 27.7 Å². The van der Waals surface area contributed by atoms with E-state index in [9.17, 15) is 13.2 Å². The average molecular weight is 438 g/mol. The van der Waals surface area contributed by atoms with Gasteiger partial charge in [-0.15, -0.1) is 21.5 Å². The van der Waals surface area contributed by atoms with Gasteiger partial charge in [0.25, 0.3) is 10.0 Å². The molecule has 0 spiro atoms. The van der Waals surface area contributed by atoms with Gasteiger partial charge in [0.2, 0.25) is 11.0 Å². The zero-order chi connectivity index (χ0) is 20.1. The van der Waals surface area contributed by atoms with E-state index in [1.165, 1.54) is 23.5 Å². The molecule has 0 saturated carbocycles. The van der Waals surface area contributed by atoms with Crippen LogP contribution in [0, 0.1) is 5.92 Å². The Morgan fingerprint density at radius 1 is 1.14 bits per heavy atom. The van der Waals surface area contributed by atoms with Gasteiger partial charge in [0.15, 0.2) is 5.13 Å². The van der Waals surface area contributed by atoms with E-state index < -0.39 is 10.0 Å². The second-order valence-electron chi connectivity index (χ2n) is 6.39. The number of nitrogens with one attached hydrogen (secondary N) is 2. The van der Waals surface area contributed by atoms with Gasteiger partial charge < -0.3 is 5.32 Å². The molecule has 0 saturated heterocycles. The lowest BCUT2D eigenvalue weighted by Crippen LogP contribution is -2.15. The summed E-state index contributed by atoms with van der Waals surface area (Å²) in [6.07, 6.45) is 0.827. The molecule has 1 aromatic carbocycles. The van der Waals surface area contributed by atoms with Crippen molar-refractivity contribution in [2.75, 3.05) is 10.0 Å². The van der Waals surface area contributed by atoms with Gasteiger partial charge in [0.1, 0.15) is 5.01 Å². The first-order valence-corrected chi connectivity index (χ1v) is 11.6. The Morgan fingerprint density at radius 2 is 1.89 bits per heavy atom. The largest absolute Gasteiger partial charge is 0.300 e. The Morgan fingerprint density at radius 3 is 2.61 bits per heavy atom. The van der Waals surface area contributed by atoms with Crippen LogP contribution in [0.3, 0.4) is 0 Å². The highest BCUT2D eigenvalue weighted by molar-refractivity contribution is 7.93. The molecule has 0 unspecified atom stereocenters. The minimum atomic E-state index is -3.70. The van der Waals surface area contributed by atoms with Crippen molar-refractivity contribution in [1.29, 1.82) is 0 Å². The molecule has 2 heterocycles. The first-order valence-electron chi connectivity index (χ1n) is 8.46. The Bertz CT molecular complexity index is 1040. The first kappa shape index (κ1) is 20.4. The van der Waals surface area contributed by atoms with Crippen LogP contribution in [0.15, 0.2) is 40.6 Å². The summed E-state index contributed by atoms with van der Waals surface area (Å²) in [6.45, 7) is 4.18. The molecule has 0 radical (unpaired) electrons. The van der Waals surface area contributed by atoms with Gasteiger partial charge >= 0.3 is 0 Å². The highest BCUT2D eigenvalue weighted by atomic mass is 32.2. The predicted octanol–water partition coefficient (Wildman–Crippen LogP) is 3.18. The number of sulfonamides is 1. The van der Waals surface area contributed by atoms with E-state index in [2.05, 4.69) is 39.1 Å². The summed E-state index contributed by atoms with van der Waals surface area (Å²) in [5.41, 5.74) is 0.472. The van der Waals surface area contributed by atoms with Crippen LogP contribution >= 0.6 is 22.7 Å². The standard InChI is InChI=1S/C17H19N5O3S3/c1-11(2)8-15-20-21-16(27-15)19-14(23)9-12-10-26-17(18-12)22-28(24,25)13-6-4-3-5-7-13/h3-7,10-11H,8-9H2,1-2H3,(H,18,22)(H,19,21,23). The van der Waals surface area contributed by atoms with Gasteiger partial charge in [-0.25, -0.2) is 13.4 Å². The third kappa shape index (κ3) is 5.57. The maximum Gasteiger partial charge on any atom is 0.263 e. The lowest BCUT2D eigenvalue weighted by molar-refractivity contribution is -0.115. The van der Waals surface area contributed by atoms with E-state index >= 15 is 0 Å². The number of nitrogens with zero attached hydrogens (tertiary/aromatic N) is 3. The van der Waals surface area contributed by atoms with E-state index in [1.807, 2.05) is 0 Å². The van der Waals surface area contributed by atoms with Crippen molar-refractivity contribution in [2.45, 2.75) is 31.6 Å². The fourth-order valence-electron chi connectivity index (χ4n) is 2.27. The molecule has 2 aromatic heterocycles. The number of anilines is 2. The molecular formula is C17H19N5O3S3. The van der Waals surface area contributed by atoms with E-state index in [1.54, 1.807) is 23.6 Å². The number of hydrogen-bond donors (Lipinski definition) is 2. The quantitative estimate of drug-likeness (QED) is 0.559. The highest BCUT2D eigenvalue weighted by Crippen LogP contribution is 2.21. The summed E-state index contributed by atoms with van der Waals surface area (Å²) >= 11 is 2.47. The zero-order valence-corrected chi connectivity index (χ0v) is 17.7. The van der Waals surface area contributed by atoms with Gasteiger partial charge in [0.05, 0.1) is 17.0 Å². The summed E-state index contributed by atoms with van der Waals surface area (Å²) in [5, 5.41) is 13.9. The van der Waals surface area contributed by atoms with Gasteiger partial charge in [-0.1, -0.05) is 43.4 Å². The Labute approximate surface area is 171 Å². The molecule has 28 heavy (non-hydrogen) atoms. The minimum Gasteiger partial charge on any atom is -0.300 e. The van der Waals surface area contributed by atoms with Crippen molar-refractivity contribution in [1.82, 2.24) is 15.2 Å². The Hall–Kier alpha value is -2.37. The van der Waals surface area contributed by atoms with Gasteiger partial charge in [-0.05, 0) is 18.1 Å². The Balaban J connectivity index is 1.58. The van der Waals surface area contributed by atoms with Crippen LogP contribution in [0.2, 0.25) is 0 Å². The summed E-state index contributed by atoms with van der Waals surface area (Å²) < 4.78 is 27.1. The van der Waals surface area contributed by atoms with Crippen molar-refractivity contribution in [2.24, 2.45) is 5.92 Å². The van der Waals surface area contributed by atoms with Gasteiger partial charge in [-0.2, -0.15) is 0 Å². The highest BCUT2D eigenvalue weighted by Gasteiger charge is 2.17. The molecule has 8 nitrogen and oxygen atoms in total. The molecule has 148 valence electrons. The third-order valence-electron chi connectivity index (χ3n) is 3.46. The molecule has 0 fully saturated rings. The van der Waals surface area contributed by atoms with E-state index in [-0.39, 0.29) is 22.4 Å². The minimum absolute atomic E-state index is 0.0165. The predicted molar refractivity (Wildman–Crippen MR) is 110 cm³/mol.